The minimum absolute atomic E-state index is 0.241. The van der Waals surface area contributed by atoms with Crippen molar-refractivity contribution in [3.8, 4) is 17.3 Å². The summed E-state index contributed by atoms with van der Waals surface area (Å²) in [6, 6.07) is 9.47. The number of halogens is 1. The molecule has 1 aromatic carbocycles. The summed E-state index contributed by atoms with van der Waals surface area (Å²) in [4.78, 5) is 25.1. The first kappa shape index (κ1) is 18.5. The average molecular weight is 392 g/mol. The zero-order valence-electron chi connectivity index (χ0n) is 15.5. The van der Waals surface area contributed by atoms with Crippen LogP contribution < -0.4 is 5.32 Å². The van der Waals surface area contributed by atoms with Crippen LogP contribution in [-0.2, 0) is 13.0 Å². The van der Waals surface area contributed by atoms with E-state index in [9.17, 15) is 9.18 Å². The van der Waals surface area contributed by atoms with Crippen molar-refractivity contribution in [3.05, 3.63) is 78.0 Å². The molecule has 9 heteroatoms. The Morgan fingerprint density at radius 3 is 2.79 bits per heavy atom. The van der Waals surface area contributed by atoms with Crippen molar-refractivity contribution in [2.45, 2.75) is 19.9 Å². The van der Waals surface area contributed by atoms with E-state index >= 15 is 0 Å². The maximum Gasteiger partial charge on any atom is 0.271 e. The molecule has 0 aliphatic heterocycles. The van der Waals surface area contributed by atoms with Gasteiger partial charge in [-0.2, -0.15) is 4.98 Å². The van der Waals surface area contributed by atoms with E-state index in [0.717, 1.165) is 11.1 Å². The molecule has 0 spiro atoms. The third-order valence-corrected chi connectivity index (χ3v) is 4.22. The maximum absolute atomic E-state index is 13.0. The fourth-order valence-electron chi connectivity index (χ4n) is 2.65. The second kappa shape index (κ2) is 8.01. The van der Waals surface area contributed by atoms with E-state index in [1.165, 1.54) is 18.5 Å². The van der Waals surface area contributed by atoms with Crippen molar-refractivity contribution in [1.82, 2.24) is 30.0 Å². The number of carbonyl (C=O) groups is 1. The van der Waals surface area contributed by atoms with Crippen molar-refractivity contribution in [1.29, 1.82) is 0 Å². The lowest BCUT2D eigenvalue weighted by Crippen LogP contribution is -2.23. The van der Waals surface area contributed by atoms with Gasteiger partial charge in [0.25, 0.3) is 11.8 Å². The van der Waals surface area contributed by atoms with E-state index in [1.54, 1.807) is 41.2 Å². The molecule has 0 bridgehead atoms. The van der Waals surface area contributed by atoms with E-state index in [4.69, 9.17) is 4.52 Å². The highest BCUT2D eigenvalue weighted by atomic mass is 19.1. The Morgan fingerprint density at radius 2 is 2.03 bits per heavy atom. The van der Waals surface area contributed by atoms with Crippen LogP contribution in [0.3, 0.4) is 0 Å². The van der Waals surface area contributed by atoms with Gasteiger partial charge in [0.15, 0.2) is 5.82 Å². The van der Waals surface area contributed by atoms with Gasteiger partial charge in [0, 0.05) is 30.9 Å². The van der Waals surface area contributed by atoms with Gasteiger partial charge in [0.05, 0.1) is 0 Å². The molecule has 0 radical (unpaired) electrons. The summed E-state index contributed by atoms with van der Waals surface area (Å²) in [5.41, 5.74) is 1.75. The summed E-state index contributed by atoms with van der Waals surface area (Å²) in [6.07, 6.45) is 5.38. The quantitative estimate of drug-likeness (QED) is 0.542. The summed E-state index contributed by atoms with van der Waals surface area (Å²) >= 11 is 0. The number of imidazole rings is 1. The number of rotatable bonds is 6. The SMILES string of the molecule is CCc1noc(-c2ccnc(-n3cnc(C(=O)NCc4ccc(F)cc4)c3)c2)n1. The number of carbonyl (C=O) groups excluding carboxylic acids is 1. The molecule has 1 N–H and O–H groups in total. The first-order chi connectivity index (χ1) is 14.1. The molecule has 0 saturated carbocycles. The first-order valence-electron chi connectivity index (χ1n) is 8.98. The van der Waals surface area contributed by atoms with Gasteiger partial charge in [0.1, 0.15) is 23.7 Å². The average Bonchev–Trinajstić information content (AvgIpc) is 3.43. The summed E-state index contributed by atoms with van der Waals surface area (Å²) in [5.74, 6) is 0.932. The number of aromatic nitrogens is 5. The van der Waals surface area contributed by atoms with Gasteiger partial charge >= 0.3 is 0 Å². The highest BCUT2D eigenvalue weighted by Gasteiger charge is 2.13. The van der Waals surface area contributed by atoms with E-state index in [0.29, 0.717) is 24.0 Å². The third-order valence-electron chi connectivity index (χ3n) is 4.22. The van der Waals surface area contributed by atoms with Crippen molar-refractivity contribution >= 4 is 5.91 Å². The Balaban J connectivity index is 1.47. The van der Waals surface area contributed by atoms with Gasteiger partial charge in [-0.25, -0.2) is 14.4 Å². The number of nitrogens with zero attached hydrogens (tertiary/aromatic N) is 5. The molecule has 0 aliphatic rings. The van der Waals surface area contributed by atoms with Gasteiger partial charge < -0.3 is 9.84 Å². The van der Waals surface area contributed by atoms with E-state index < -0.39 is 0 Å². The van der Waals surface area contributed by atoms with Gasteiger partial charge in [-0.1, -0.05) is 24.2 Å². The van der Waals surface area contributed by atoms with Gasteiger partial charge in [-0.15, -0.1) is 0 Å². The Kier molecular flexibility index (Phi) is 5.10. The van der Waals surface area contributed by atoms with Crippen LogP contribution >= 0.6 is 0 Å². The Bertz CT molecular complexity index is 1140. The Morgan fingerprint density at radius 1 is 1.21 bits per heavy atom. The second-order valence-electron chi connectivity index (χ2n) is 6.25. The van der Waals surface area contributed by atoms with Crippen molar-refractivity contribution in [2.24, 2.45) is 0 Å². The fraction of sp³-hybridized carbons (Fsp3) is 0.150. The molecular formula is C20H17FN6O2. The van der Waals surface area contributed by atoms with Gasteiger partial charge in [0.2, 0.25) is 0 Å². The molecule has 0 unspecified atom stereocenters. The van der Waals surface area contributed by atoms with Crippen molar-refractivity contribution in [2.75, 3.05) is 0 Å². The van der Waals surface area contributed by atoms with Crippen LogP contribution in [0.15, 0.2) is 59.6 Å². The summed E-state index contributed by atoms with van der Waals surface area (Å²) in [6.45, 7) is 2.22. The van der Waals surface area contributed by atoms with E-state index in [-0.39, 0.29) is 24.0 Å². The minimum atomic E-state index is -0.339. The molecule has 0 aliphatic carbocycles. The molecule has 146 valence electrons. The fourth-order valence-corrected chi connectivity index (χ4v) is 2.65. The monoisotopic (exact) mass is 392 g/mol. The van der Waals surface area contributed by atoms with Crippen LogP contribution in [0.25, 0.3) is 17.3 Å². The molecule has 8 nitrogen and oxygen atoms in total. The molecule has 3 aromatic heterocycles. The zero-order chi connectivity index (χ0) is 20.2. The van der Waals surface area contributed by atoms with Crippen molar-refractivity contribution in [3.63, 3.8) is 0 Å². The summed E-state index contributed by atoms with van der Waals surface area (Å²) in [5, 5.41) is 6.65. The number of hydrogen-bond donors (Lipinski definition) is 1. The number of hydrogen-bond acceptors (Lipinski definition) is 6. The van der Waals surface area contributed by atoms with E-state index in [1.807, 2.05) is 6.92 Å². The van der Waals surface area contributed by atoms with Crippen LogP contribution in [0.1, 0.15) is 28.8 Å². The molecule has 3 heterocycles. The highest BCUT2D eigenvalue weighted by molar-refractivity contribution is 5.92. The molecule has 4 aromatic rings. The molecule has 0 atom stereocenters. The predicted molar refractivity (Wildman–Crippen MR) is 102 cm³/mol. The normalized spacial score (nSPS) is 10.8. The molecule has 1 amide bonds. The molecule has 4 rings (SSSR count). The van der Waals surface area contributed by atoms with Crippen LogP contribution in [0.5, 0.6) is 0 Å². The number of amides is 1. The number of pyridine rings is 1. The first-order valence-corrected chi connectivity index (χ1v) is 8.98. The lowest BCUT2D eigenvalue weighted by Gasteiger charge is -2.04. The van der Waals surface area contributed by atoms with Crippen molar-refractivity contribution < 1.29 is 13.7 Å². The minimum Gasteiger partial charge on any atom is -0.347 e. The molecule has 0 fully saturated rings. The standard InChI is InChI=1S/C20H17FN6O2/c1-2-17-25-20(29-26-17)14-7-8-22-18(9-14)27-11-16(24-12-27)19(28)23-10-13-3-5-15(21)6-4-13/h3-9,11-12H,2,10H2,1H3,(H,23,28). The second-order valence-corrected chi connectivity index (χ2v) is 6.25. The number of benzene rings is 1. The van der Waals surface area contributed by atoms with E-state index in [2.05, 4.69) is 25.4 Å². The molecule has 0 saturated heterocycles. The topological polar surface area (TPSA) is 98.7 Å². The zero-order valence-corrected chi connectivity index (χ0v) is 15.5. The highest BCUT2D eigenvalue weighted by Crippen LogP contribution is 2.19. The number of aryl methyl sites for hydroxylation is 1. The lowest BCUT2D eigenvalue weighted by molar-refractivity contribution is 0.0946. The van der Waals surface area contributed by atoms with Crippen LogP contribution in [0.4, 0.5) is 4.39 Å². The maximum atomic E-state index is 13.0. The smallest absolute Gasteiger partial charge is 0.271 e. The molecule has 29 heavy (non-hydrogen) atoms. The summed E-state index contributed by atoms with van der Waals surface area (Å²) < 4.78 is 19.8. The largest absolute Gasteiger partial charge is 0.347 e. The van der Waals surface area contributed by atoms with Crippen LogP contribution in [0, 0.1) is 5.82 Å². The summed E-state index contributed by atoms with van der Waals surface area (Å²) in [7, 11) is 0. The third kappa shape index (κ3) is 4.18. The lowest BCUT2D eigenvalue weighted by atomic mass is 10.2. The Hall–Kier alpha value is -3.88. The van der Waals surface area contributed by atoms with Gasteiger partial charge in [-0.3, -0.25) is 9.36 Å². The Labute approximate surface area is 165 Å². The van der Waals surface area contributed by atoms with Crippen LogP contribution in [0.2, 0.25) is 0 Å². The predicted octanol–water partition coefficient (Wildman–Crippen LogP) is 2.95. The van der Waals surface area contributed by atoms with Crippen LogP contribution in [-0.4, -0.2) is 30.6 Å². The molecular weight excluding hydrogens is 375 g/mol. The number of nitrogens with one attached hydrogen (secondary N) is 1. The van der Waals surface area contributed by atoms with Gasteiger partial charge in [-0.05, 0) is 29.8 Å².